The van der Waals surface area contributed by atoms with Crippen LogP contribution < -0.4 is 0 Å². The second-order valence-corrected chi connectivity index (χ2v) is 5.13. The largest absolute Gasteiger partial charge is 0.0625 e. The van der Waals surface area contributed by atoms with Crippen LogP contribution in [-0.2, 0) is 0 Å². The van der Waals surface area contributed by atoms with E-state index in [0.29, 0.717) is 0 Å². The van der Waals surface area contributed by atoms with Crippen molar-refractivity contribution in [1.29, 1.82) is 0 Å². The summed E-state index contributed by atoms with van der Waals surface area (Å²) in [7, 11) is 0. The van der Waals surface area contributed by atoms with Crippen LogP contribution in [0.15, 0.2) is 0 Å². The molecule has 0 aromatic carbocycles. The average Bonchev–Trinajstić information content (AvgIpc) is 2.13. The summed E-state index contributed by atoms with van der Waals surface area (Å²) in [4.78, 5) is 0. The van der Waals surface area contributed by atoms with Gasteiger partial charge in [-0.2, -0.15) is 0 Å². The highest BCUT2D eigenvalue weighted by Crippen LogP contribution is 2.23. The second-order valence-electron chi connectivity index (χ2n) is 5.13. The Bertz CT molecular complexity index is 103. The highest BCUT2D eigenvalue weighted by atomic mass is 14.1. The van der Waals surface area contributed by atoms with Crippen LogP contribution in [0.5, 0.6) is 0 Å². The molecule has 1 aliphatic carbocycles. The fraction of sp³-hybridized carbons (Fsp3) is 1.00. The van der Waals surface area contributed by atoms with Crippen LogP contribution in [0.3, 0.4) is 0 Å². The van der Waals surface area contributed by atoms with Crippen molar-refractivity contribution in [3.05, 3.63) is 0 Å². The summed E-state index contributed by atoms with van der Waals surface area (Å²) >= 11 is 0. The topological polar surface area (TPSA) is 0 Å². The molecular formula is C13H26. The molecular weight excluding hydrogens is 156 g/mol. The summed E-state index contributed by atoms with van der Waals surface area (Å²) in [5, 5.41) is 0. The molecule has 0 heteroatoms. The molecule has 13 heavy (non-hydrogen) atoms. The van der Waals surface area contributed by atoms with Gasteiger partial charge in [-0.15, -0.1) is 0 Å². The lowest BCUT2D eigenvalue weighted by Crippen LogP contribution is -1.97. The standard InChI is InChI=1S/C13H26/c1-12-8-5-3-4-6-9-13(2)11-7-10-12/h12-13H,3-11H2,1-2H3. The summed E-state index contributed by atoms with van der Waals surface area (Å²) < 4.78 is 0. The van der Waals surface area contributed by atoms with Crippen molar-refractivity contribution in [3.63, 3.8) is 0 Å². The van der Waals surface area contributed by atoms with Gasteiger partial charge >= 0.3 is 0 Å². The molecule has 0 aliphatic heterocycles. The predicted octanol–water partition coefficient (Wildman–Crippen LogP) is 4.78. The zero-order valence-electron chi connectivity index (χ0n) is 9.52. The maximum absolute atomic E-state index is 2.43. The third-order valence-electron chi connectivity index (χ3n) is 3.54. The van der Waals surface area contributed by atoms with Crippen molar-refractivity contribution >= 4 is 0 Å². The molecule has 2 unspecified atom stereocenters. The molecule has 0 aromatic heterocycles. The van der Waals surface area contributed by atoms with Gasteiger partial charge in [0.2, 0.25) is 0 Å². The Labute approximate surface area is 84.1 Å². The SMILES string of the molecule is CC1CCCCCCC(C)CCC1. The van der Waals surface area contributed by atoms with Crippen LogP contribution in [-0.4, -0.2) is 0 Å². The van der Waals surface area contributed by atoms with E-state index in [-0.39, 0.29) is 0 Å². The lowest BCUT2D eigenvalue weighted by molar-refractivity contribution is 0.415. The summed E-state index contributed by atoms with van der Waals surface area (Å²) in [6.07, 6.45) is 13.3. The van der Waals surface area contributed by atoms with Crippen molar-refractivity contribution in [2.45, 2.75) is 71.6 Å². The van der Waals surface area contributed by atoms with Crippen molar-refractivity contribution in [1.82, 2.24) is 0 Å². The van der Waals surface area contributed by atoms with Crippen LogP contribution in [0.1, 0.15) is 71.6 Å². The smallest absolute Gasteiger partial charge is 0.0443 e. The highest BCUT2D eigenvalue weighted by molar-refractivity contribution is 4.60. The molecule has 0 nitrogen and oxygen atoms in total. The fourth-order valence-electron chi connectivity index (χ4n) is 2.44. The van der Waals surface area contributed by atoms with Crippen molar-refractivity contribution < 1.29 is 0 Å². The van der Waals surface area contributed by atoms with Gasteiger partial charge in [-0.05, 0) is 11.8 Å². The monoisotopic (exact) mass is 182 g/mol. The summed E-state index contributed by atoms with van der Waals surface area (Å²) in [6, 6.07) is 0. The lowest BCUT2D eigenvalue weighted by Gasteiger charge is -2.11. The Morgan fingerprint density at radius 3 is 1.38 bits per heavy atom. The molecule has 1 aliphatic rings. The average molecular weight is 182 g/mol. The van der Waals surface area contributed by atoms with Gasteiger partial charge in [-0.3, -0.25) is 0 Å². The fourth-order valence-corrected chi connectivity index (χ4v) is 2.44. The quantitative estimate of drug-likeness (QED) is 0.505. The molecule has 0 spiro atoms. The van der Waals surface area contributed by atoms with E-state index < -0.39 is 0 Å². The zero-order valence-corrected chi connectivity index (χ0v) is 9.52. The van der Waals surface area contributed by atoms with Gasteiger partial charge < -0.3 is 0 Å². The third-order valence-corrected chi connectivity index (χ3v) is 3.54. The van der Waals surface area contributed by atoms with Crippen molar-refractivity contribution in [2.24, 2.45) is 11.8 Å². The van der Waals surface area contributed by atoms with E-state index >= 15 is 0 Å². The Kier molecular flexibility index (Phi) is 5.50. The Hall–Kier alpha value is 0. The van der Waals surface area contributed by atoms with Crippen LogP contribution >= 0.6 is 0 Å². The maximum atomic E-state index is 2.43. The molecule has 0 amide bonds. The van der Waals surface area contributed by atoms with Gasteiger partial charge in [0.05, 0.1) is 0 Å². The van der Waals surface area contributed by atoms with E-state index in [0.717, 1.165) is 11.8 Å². The van der Waals surface area contributed by atoms with E-state index in [1.807, 2.05) is 0 Å². The van der Waals surface area contributed by atoms with E-state index in [4.69, 9.17) is 0 Å². The van der Waals surface area contributed by atoms with Gasteiger partial charge in [0.25, 0.3) is 0 Å². The van der Waals surface area contributed by atoms with Gasteiger partial charge in [-0.25, -0.2) is 0 Å². The number of hydrogen-bond acceptors (Lipinski definition) is 0. The minimum absolute atomic E-state index is 0.991. The van der Waals surface area contributed by atoms with E-state index in [9.17, 15) is 0 Å². The number of rotatable bonds is 0. The highest BCUT2D eigenvalue weighted by Gasteiger charge is 2.07. The molecule has 1 saturated carbocycles. The van der Waals surface area contributed by atoms with Crippen LogP contribution in [0, 0.1) is 11.8 Å². The van der Waals surface area contributed by atoms with Crippen molar-refractivity contribution in [2.75, 3.05) is 0 Å². The molecule has 1 rings (SSSR count). The second kappa shape index (κ2) is 6.45. The minimum Gasteiger partial charge on any atom is -0.0625 e. The first-order valence-corrected chi connectivity index (χ1v) is 6.29. The van der Waals surface area contributed by atoms with E-state index in [2.05, 4.69) is 13.8 Å². The zero-order chi connectivity index (χ0) is 9.52. The Morgan fingerprint density at radius 2 is 0.923 bits per heavy atom. The van der Waals surface area contributed by atoms with Crippen molar-refractivity contribution in [3.8, 4) is 0 Å². The normalized spacial score (nSPS) is 33.7. The first-order chi connectivity index (χ1) is 6.29. The summed E-state index contributed by atoms with van der Waals surface area (Å²) in [6.45, 7) is 4.87. The maximum Gasteiger partial charge on any atom is -0.0443 e. The van der Waals surface area contributed by atoms with Crippen LogP contribution in [0.25, 0.3) is 0 Å². The molecule has 2 atom stereocenters. The summed E-state index contributed by atoms with van der Waals surface area (Å²) in [5.74, 6) is 1.98. The van der Waals surface area contributed by atoms with Gasteiger partial charge in [-0.1, -0.05) is 71.6 Å². The van der Waals surface area contributed by atoms with E-state index in [1.54, 1.807) is 0 Å². The number of hydrogen-bond donors (Lipinski definition) is 0. The molecule has 0 N–H and O–H groups in total. The Morgan fingerprint density at radius 1 is 0.538 bits per heavy atom. The van der Waals surface area contributed by atoms with Gasteiger partial charge in [0.1, 0.15) is 0 Å². The Balaban J connectivity index is 2.23. The molecule has 1 fully saturated rings. The first kappa shape index (κ1) is 11.1. The van der Waals surface area contributed by atoms with Gasteiger partial charge in [0, 0.05) is 0 Å². The predicted molar refractivity (Wildman–Crippen MR) is 59.9 cm³/mol. The van der Waals surface area contributed by atoms with E-state index in [1.165, 1.54) is 57.8 Å². The third kappa shape index (κ3) is 5.33. The first-order valence-electron chi connectivity index (χ1n) is 6.29. The molecule has 0 saturated heterocycles. The lowest BCUT2D eigenvalue weighted by atomic mass is 9.95. The minimum atomic E-state index is 0.991. The molecule has 0 heterocycles. The van der Waals surface area contributed by atoms with Gasteiger partial charge in [0.15, 0.2) is 0 Å². The molecule has 0 radical (unpaired) electrons. The summed E-state index contributed by atoms with van der Waals surface area (Å²) in [5.41, 5.74) is 0. The molecule has 0 aromatic rings. The molecule has 78 valence electrons. The van der Waals surface area contributed by atoms with Crippen LogP contribution in [0.4, 0.5) is 0 Å². The molecule has 0 bridgehead atoms. The van der Waals surface area contributed by atoms with Crippen LogP contribution in [0.2, 0.25) is 0 Å².